The van der Waals surface area contributed by atoms with Crippen molar-refractivity contribution in [2.75, 3.05) is 30.4 Å². The molecule has 2 aromatic carbocycles. The predicted octanol–water partition coefficient (Wildman–Crippen LogP) is 4.88. The molecule has 0 atom stereocenters. The lowest BCUT2D eigenvalue weighted by atomic mass is 10.0. The van der Waals surface area contributed by atoms with Crippen molar-refractivity contribution in [3.8, 4) is 11.1 Å². The highest BCUT2D eigenvalue weighted by atomic mass is 16.2. The number of anilines is 2. The standard InChI is InChI=1S/C24H26N4O/c1-27(22-13-17-28(18-14-22)23-11-15-25-16-12-23)24(29)26-21-9-7-20(8-10-21)19-5-3-2-4-6-19/h2-12,15-16,22H,13-14,17-18H2,1H3,(H,26,29). The maximum Gasteiger partial charge on any atom is 0.321 e. The molecule has 1 aliphatic rings. The molecule has 1 aliphatic heterocycles. The van der Waals surface area contributed by atoms with E-state index >= 15 is 0 Å². The van der Waals surface area contributed by atoms with Crippen LogP contribution in [-0.4, -0.2) is 42.1 Å². The lowest BCUT2D eigenvalue weighted by molar-refractivity contribution is 0.193. The first-order chi connectivity index (χ1) is 14.2. The molecule has 3 aromatic rings. The topological polar surface area (TPSA) is 48.5 Å². The van der Waals surface area contributed by atoms with E-state index in [1.165, 1.54) is 11.3 Å². The monoisotopic (exact) mass is 386 g/mol. The van der Waals surface area contributed by atoms with E-state index in [4.69, 9.17) is 0 Å². The Kier molecular flexibility index (Phi) is 5.75. The molecule has 0 spiro atoms. The number of benzene rings is 2. The molecule has 148 valence electrons. The van der Waals surface area contributed by atoms with E-state index in [-0.39, 0.29) is 12.1 Å². The lowest BCUT2D eigenvalue weighted by Crippen LogP contribution is -2.47. The van der Waals surface area contributed by atoms with Gasteiger partial charge < -0.3 is 15.1 Å². The molecule has 0 unspecified atom stereocenters. The molecular formula is C24H26N4O. The van der Waals surface area contributed by atoms with E-state index in [9.17, 15) is 4.79 Å². The van der Waals surface area contributed by atoms with Crippen LogP contribution >= 0.6 is 0 Å². The molecule has 1 fully saturated rings. The Morgan fingerprint density at radius 2 is 1.55 bits per heavy atom. The number of rotatable bonds is 4. The van der Waals surface area contributed by atoms with Crippen molar-refractivity contribution in [2.45, 2.75) is 18.9 Å². The van der Waals surface area contributed by atoms with Crippen LogP contribution in [0.4, 0.5) is 16.2 Å². The van der Waals surface area contributed by atoms with Crippen LogP contribution < -0.4 is 10.2 Å². The van der Waals surface area contributed by atoms with Crippen molar-refractivity contribution in [1.29, 1.82) is 0 Å². The van der Waals surface area contributed by atoms with Crippen LogP contribution in [0.3, 0.4) is 0 Å². The summed E-state index contributed by atoms with van der Waals surface area (Å²) in [6.45, 7) is 1.89. The summed E-state index contributed by atoms with van der Waals surface area (Å²) in [4.78, 5) is 21.0. The Morgan fingerprint density at radius 3 is 2.21 bits per heavy atom. The van der Waals surface area contributed by atoms with E-state index in [1.54, 1.807) is 0 Å². The fourth-order valence-electron chi connectivity index (χ4n) is 3.82. The van der Waals surface area contributed by atoms with E-state index in [0.29, 0.717) is 0 Å². The van der Waals surface area contributed by atoms with E-state index in [2.05, 4.69) is 27.3 Å². The van der Waals surface area contributed by atoms with E-state index in [0.717, 1.165) is 37.2 Å². The highest BCUT2D eigenvalue weighted by Crippen LogP contribution is 2.23. The van der Waals surface area contributed by atoms with Crippen molar-refractivity contribution in [1.82, 2.24) is 9.88 Å². The van der Waals surface area contributed by atoms with Gasteiger partial charge >= 0.3 is 6.03 Å². The number of aromatic nitrogens is 1. The van der Waals surface area contributed by atoms with Crippen molar-refractivity contribution in [3.63, 3.8) is 0 Å². The Labute approximate surface area is 172 Å². The maximum absolute atomic E-state index is 12.7. The number of carbonyl (C=O) groups excluding carboxylic acids is 1. The number of pyridine rings is 1. The third kappa shape index (κ3) is 4.57. The van der Waals surface area contributed by atoms with E-state index < -0.39 is 0 Å². The van der Waals surface area contributed by atoms with Gasteiger partial charge in [-0.05, 0) is 48.2 Å². The van der Waals surface area contributed by atoms with Gasteiger partial charge in [0.05, 0.1) is 0 Å². The quantitative estimate of drug-likeness (QED) is 0.695. The molecule has 0 saturated carbocycles. The minimum Gasteiger partial charge on any atom is -0.371 e. The number of nitrogens with one attached hydrogen (secondary N) is 1. The summed E-state index contributed by atoms with van der Waals surface area (Å²) >= 11 is 0. The Hall–Kier alpha value is -3.34. The SMILES string of the molecule is CN(C(=O)Nc1ccc(-c2ccccc2)cc1)C1CCN(c2ccncc2)CC1. The number of hydrogen-bond donors (Lipinski definition) is 1. The second-order valence-electron chi connectivity index (χ2n) is 7.41. The summed E-state index contributed by atoms with van der Waals surface area (Å²) < 4.78 is 0. The average molecular weight is 386 g/mol. The van der Waals surface area contributed by atoms with Gasteiger partial charge in [0.1, 0.15) is 0 Å². The molecule has 0 radical (unpaired) electrons. The number of urea groups is 1. The van der Waals surface area contributed by atoms with Crippen LogP contribution in [0, 0.1) is 0 Å². The Bertz CT molecular complexity index is 920. The average Bonchev–Trinajstić information content (AvgIpc) is 2.80. The van der Waals surface area contributed by atoms with Crippen LogP contribution in [0.25, 0.3) is 11.1 Å². The number of carbonyl (C=O) groups is 1. The highest BCUT2D eigenvalue weighted by Gasteiger charge is 2.25. The molecule has 1 saturated heterocycles. The molecule has 5 heteroatoms. The van der Waals surface area contributed by atoms with Crippen molar-refractivity contribution < 1.29 is 4.79 Å². The molecule has 2 heterocycles. The second kappa shape index (κ2) is 8.78. The van der Waals surface area contributed by atoms with Gasteiger partial charge in [0.25, 0.3) is 0 Å². The summed E-state index contributed by atoms with van der Waals surface area (Å²) in [6.07, 6.45) is 5.56. The summed E-state index contributed by atoms with van der Waals surface area (Å²) in [6, 6.07) is 22.5. The van der Waals surface area contributed by atoms with Crippen molar-refractivity contribution in [2.24, 2.45) is 0 Å². The molecule has 5 nitrogen and oxygen atoms in total. The molecule has 29 heavy (non-hydrogen) atoms. The predicted molar refractivity (Wildman–Crippen MR) is 118 cm³/mol. The first-order valence-corrected chi connectivity index (χ1v) is 10.0. The van der Waals surface area contributed by atoms with Crippen LogP contribution in [0.2, 0.25) is 0 Å². The smallest absolute Gasteiger partial charge is 0.321 e. The van der Waals surface area contributed by atoms with E-state index in [1.807, 2.05) is 78.9 Å². The van der Waals surface area contributed by atoms with Gasteiger partial charge in [-0.25, -0.2) is 4.79 Å². The van der Waals surface area contributed by atoms with Crippen LogP contribution in [-0.2, 0) is 0 Å². The van der Waals surface area contributed by atoms with Gasteiger partial charge in [0.2, 0.25) is 0 Å². The van der Waals surface area contributed by atoms with Gasteiger partial charge in [-0.1, -0.05) is 42.5 Å². The number of nitrogens with zero attached hydrogens (tertiary/aromatic N) is 3. The minimum atomic E-state index is -0.0557. The van der Waals surface area contributed by atoms with Crippen LogP contribution in [0.1, 0.15) is 12.8 Å². The second-order valence-corrected chi connectivity index (χ2v) is 7.41. The molecule has 1 N–H and O–H groups in total. The van der Waals surface area contributed by atoms with Gasteiger partial charge in [-0.15, -0.1) is 0 Å². The van der Waals surface area contributed by atoms with Crippen LogP contribution in [0.15, 0.2) is 79.1 Å². The molecule has 2 amide bonds. The zero-order valence-electron chi connectivity index (χ0n) is 16.7. The molecule has 1 aromatic heterocycles. The number of hydrogen-bond acceptors (Lipinski definition) is 3. The third-order valence-electron chi connectivity index (χ3n) is 5.60. The summed E-state index contributed by atoms with van der Waals surface area (Å²) in [5.41, 5.74) is 4.32. The molecule has 0 aliphatic carbocycles. The third-order valence-corrected chi connectivity index (χ3v) is 5.60. The fourth-order valence-corrected chi connectivity index (χ4v) is 3.82. The molecule has 4 rings (SSSR count). The number of piperidine rings is 1. The minimum absolute atomic E-state index is 0.0557. The van der Waals surface area contributed by atoms with Crippen molar-refractivity contribution in [3.05, 3.63) is 79.1 Å². The zero-order chi connectivity index (χ0) is 20.1. The summed E-state index contributed by atoms with van der Waals surface area (Å²) in [5.74, 6) is 0. The molecule has 0 bridgehead atoms. The Balaban J connectivity index is 1.32. The number of amides is 2. The van der Waals surface area contributed by atoms with Gasteiger partial charge in [-0.3, -0.25) is 4.98 Å². The highest BCUT2D eigenvalue weighted by molar-refractivity contribution is 5.89. The van der Waals surface area contributed by atoms with Gasteiger partial charge in [-0.2, -0.15) is 0 Å². The maximum atomic E-state index is 12.7. The first-order valence-electron chi connectivity index (χ1n) is 10.0. The van der Waals surface area contributed by atoms with Crippen molar-refractivity contribution >= 4 is 17.4 Å². The summed E-state index contributed by atoms with van der Waals surface area (Å²) in [5, 5.41) is 3.03. The normalized spacial score (nSPS) is 14.4. The van der Waals surface area contributed by atoms with Gasteiger partial charge in [0.15, 0.2) is 0 Å². The zero-order valence-corrected chi connectivity index (χ0v) is 16.7. The first kappa shape index (κ1) is 19.0. The molecular weight excluding hydrogens is 360 g/mol. The Morgan fingerprint density at radius 1 is 0.931 bits per heavy atom. The van der Waals surface area contributed by atoms with Crippen LogP contribution in [0.5, 0.6) is 0 Å². The summed E-state index contributed by atoms with van der Waals surface area (Å²) in [7, 11) is 1.89. The lowest BCUT2D eigenvalue weighted by Gasteiger charge is -2.37. The largest absolute Gasteiger partial charge is 0.371 e. The van der Waals surface area contributed by atoms with Gasteiger partial charge in [0, 0.05) is 49.9 Å². The fraction of sp³-hybridized carbons (Fsp3) is 0.250.